The normalized spacial score (nSPS) is 13.9. The van der Waals surface area contributed by atoms with Gasteiger partial charge in [-0.25, -0.2) is 0 Å². The van der Waals surface area contributed by atoms with Crippen molar-refractivity contribution in [3.05, 3.63) is 59.4 Å². The fraction of sp³-hybridized carbons (Fsp3) is 0.478. The van der Waals surface area contributed by atoms with E-state index >= 15 is 0 Å². The molecule has 0 fully saturated rings. The highest BCUT2D eigenvalue weighted by Gasteiger charge is 2.18. The summed E-state index contributed by atoms with van der Waals surface area (Å²) in [5.41, 5.74) is 3.83. The largest absolute Gasteiger partial charge is 0.385 e. The summed E-state index contributed by atoms with van der Waals surface area (Å²) in [4.78, 5) is 0. The van der Waals surface area contributed by atoms with Crippen LogP contribution in [0, 0.1) is 16.7 Å². The zero-order valence-corrected chi connectivity index (χ0v) is 17.4. The van der Waals surface area contributed by atoms with Gasteiger partial charge < -0.3 is 21.5 Å². The average Bonchev–Trinajstić information content (AvgIpc) is 2.68. The van der Waals surface area contributed by atoms with Crippen molar-refractivity contribution in [2.24, 2.45) is 5.92 Å². The SMILES string of the molecule is C=C(NCCCc1ccccc1)/C(C(C)=N)=C(\C=N)NC(CC)C(C)CC. The summed E-state index contributed by atoms with van der Waals surface area (Å²) in [6.07, 6.45) is 5.37. The second-order valence-electron chi connectivity index (χ2n) is 7.10. The zero-order chi connectivity index (χ0) is 20.2. The van der Waals surface area contributed by atoms with Crippen LogP contribution in [0.5, 0.6) is 0 Å². The standard InChI is InChI=1S/C23H36N4/c1-6-17(3)21(7-2)27-22(16-24)23(18(4)25)19(5)26-15-11-14-20-12-9-8-10-13-20/h8-10,12-13,16-17,21,24-27H,5-7,11,14-15H2,1-4H3/b23-22+,24-16?,25-18?. The smallest absolute Gasteiger partial charge is 0.0633 e. The molecule has 0 radical (unpaired) electrons. The molecule has 0 aromatic heterocycles. The second-order valence-corrected chi connectivity index (χ2v) is 7.10. The Bertz CT molecular complexity index is 646. The van der Waals surface area contributed by atoms with Crippen LogP contribution in [0.15, 0.2) is 53.9 Å². The molecule has 0 heterocycles. The third kappa shape index (κ3) is 7.41. The molecular formula is C23H36N4. The first-order valence-electron chi connectivity index (χ1n) is 9.98. The van der Waals surface area contributed by atoms with Gasteiger partial charge >= 0.3 is 0 Å². The lowest BCUT2D eigenvalue weighted by molar-refractivity contribution is 0.386. The molecule has 148 valence electrons. The van der Waals surface area contributed by atoms with E-state index in [1.807, 2.05) is 6.07 Å². The Morgan fingerprint density at radius 3 is 2.37 bits per heavy atom. The van der Waals surface area contributed by atoms with Gasteiger partial charge in [0.15, 0.2) is 0 Å². The minimum Gasteiger partial charge on any atom is -0.385 e. The highest BCUT2D eigenvalue weighted by Crippen LogP contribution is 2.16. The predicted octanol–water partition coefficient (Wildman–Crippen LogP) is 5.08. The van der Waals surface area contributed by atoms with Crippen LogP contribution in [0.1, 0.15) is 52.5 Å². The number of hydrogen-bond acceptors (Lipinski definition) is 4. The Hall–Kier alpha value is -2.36. The molecule has 4 heteroatoms. The minimum absolute atomic E-state index is 0.284. The Morgan fingerprint density at radius 1 is 1.19 bits per heavy atom. The molecule has 1 aromatic carbocycles. The van der Waals surface area contributed by atoms with Gasteiger partial charge in [-0.05, 0) is 37.7 Å². The van der Waals surface area contributed by atoms with Crippen LogP contribution in [0.4, 0.5) is 0 Å². The number of allylic oxidation sites excluding steroid dienone is 2. The fourth-order valence-corrected chi connectivity index (χ4v) is 3.17. The molecular weight excluding hydrogens is 332 g/mol. The molecule has 0 aliphatic rings. The van der Waals surface area contributed by atoms with E-state index in [9.17, 15) is 0 Å². The lowest BCUT2D eigenvalue weighted by atomic mass is 9.95. The molecule has 1 rings (SSSR count). The van der Waals surface area contributed by atoms with Crippen LogP contribution in [0.3, 0.4) is 0 Å². The van der Waals surface area contributed by atoms with Gasteiger partial charge in [0.2, 0.25) is 0 Å². The summed E-state index contributed by atoms with van der Waals surface area (Å²) in [5.74, 6) is 0.504. The summed E-state index contributed by atoms with van der Waals surface area (Å²) in [7, 11) is 0. The van der Waals surface area contributed by atoms with E-state index in [2.05, 4.69) is 62.2 Å². The zero-order valence-electron chi connectivity index (χ0n) is 17.4. The fourth-order valence-electron chi connectivity index (χ4n) is 3.17. The first-order chi connectivity index (χ1) is 12.9. The summed E-state index contributed by atoms with van der Waals surface area (Å²) in [6, 6.07) is 10.7. The minimum atomic E-state index is 0.284. The van der Waals surface area contributed by atoms with Crippen molar-refractivity contribution in [1.82, 2.24) is 10.6 Å². The van der Waals surface area contributed by atoms with Gasteiger partial charge in [-0.15, -0.1) is 0 Å². The van der Waals surface area contributed by atoms with Crippen molar-refractivity contribution in [1.29, 1.82) is 10.8 Å². The molecule has 0 bridgehead atoms. The van der Waals surface area contributed by atoms with Gasteiger partial charge in [0, 0.05) is 35.8 Å². The first kappa shape index (κ1) is 22.7. The topological polar surface area (TPSA) is 71.8 Å². The summed E-state index contributed by atoms with van der Waals surface area (Å²) >= 11 is 0. The maximum Gasteiger partial charge on any atom is 0.0633 e. The Balaban J connectivity index is 2.77. The van der Waals surface area contributed by atoms with E-state index in [0.29, 0.717) is 28.6 Å². The van der Waals surface area contributed by atoms with Crippen molar-refractivity contribution in [2.45, 2.75) is 59.4 Å². The molecule has 27 heavy (non-hydrogen) atoms. The monoisotopic (exact) mass is 368 g/mol. The van der Waals surface area contributed by atoms with Crippen molar-refractivity contribution in [3.8, 4) is 0 Å². The third-order valence-corrected chi connectivity index (χ3v) is 5.03. The molecule has 4 nitrogen and oxygen atoms in total. The maximum atomic E-state index is 8.18. The van der Waals surface area contributed by atoms with Crippen LogP contribution in [-0.4, -0.2) is 24.5 Å². The molecule has 0 amide bonds. The number of hydrogen-bond donors (Lipinski definition) is 4. The summed E-state index contributed by atoms with van der Waals surface area (Å²) in [5, 5.41) is 22.9. The van der Waals surface area contributed by atoms with Gasteiger partial charge in [-0.3, -0.25) is 0 Å². The van der Waals surface area contributed by atoms with Crippen molar-refractivity contribution in [3.63, 3.8) is 0 Å². The highest BCUT2D eigenvalue weighted by molar-refractivity contribution is 6.04. The average molecular weight is 369 g/mol. The van der Waals surface area contributed by atoms with Gasteiger partial charge in [-0.1, -0.05) is 64.1 Å². The van der Waals surface area contributed by atoms with Crippen LogP contribution in [0.25, 0.3) is 0 Å². The van der Waals surface area contributed by atoms with E-state index in [1.54, 1.807) is 6.92 Å². The Kier molecular flexibility index (Phi) is 10.2. The number of benzene rings is 1. The molecule has 0 spiro atoms. The molecule has 0 saturated carbocycles. The van der Waals surface area contributed by atoms with Crippen LogP contribution in [0.2, 0.25) is 0 Å². The van der Waals surface area contributed by atoms with Gasteiger partial charge in [0.05, 0.1) is 5.70 Å². The molecule has 1 aromatic rings. The van der Waals surface area contributed by atoms with E-state index < -0.39 is 0 Å². The molecule has 0 aliphatic carbocycles. The van der Waals surface area contributed by atoms with Crippen LogP contribution < -0.4 is 10.6 Å². The van der Waals surface area contributed by atoms with Gasteiger partial charge in [0.25, 0.3) is 0 Å². The maximum absolute atomic E-state index is 8.18. The van der Waals surface area contributed by atoms with Crippen molar-refractivity contribution >= 4 is 11.9 Å². The summed E-state index contributed by atoms with van der Waals surface area (Å²) in [6.45, 7) is 13.2. The number of rotatable bonds is 13. The highest BCUT2D eigenvalue weighted by atomic mass is 15.0. The molecule has 2 atom stereocenters. The second kappa shape index (κ2) is 12.1. The number of aryl methyl sites for hydroxylation is 1. The van der Waals surface area contributed by atoms with Crippen LogP contribution in [-0.2, 0) is 6.42 Å². The third-order valence-electron chi connectivity index (χ3n) is 5.03. The van der Waals surface area contributed by atoms with E-state index in [4.69, 9.17) is 10.8 Å². The molecule has 0 aliphatic heterocycles. The van der Waals surface area contributed by atoms with Gasteiger partial charge in [-0.2, -0.15) is 0 Å². The van der Waals surface area contributed by atoms with Crippen molar-refractivity contribution in [2.75, 3.05) is 6.54 Å². The number of nitrogens with one attached hydrogen (secondary N) is 4. The lowest BCUT2D eigenvalue weighted by Gasteiger charge is -2.26. The van der Waals surface area contributed by atoms with Crippen molar-refractivity contribution < 1.29 is 0 Å². The Morgan fingerprint density at radius 2 is 1.85 bits per heavy atom. The first-order valence-corrected chi connectivity index (χ1v) is 9.98. The van der Waals surface area contributed by atoms with E-state index in [0.717, 1.165) is 32.2 Å². The van der Waals surface area contributed by atoms with E-state index in [-0.39, 0.29) is 6.04 Å². The molecule has 0 saturated heterocycles. The lowest BCUT2D eigenvalue weighted by Crippen LogP contribution is -2.36. The quantitative estimate of drug-likeness (QED) is 0.223. The molecule has 2 unspecified atom stereocenters. The Labute approximate surface area is 165 Å². The summed E-state index contributed by atoms with van der Waals surface area (Å²) < 4.78 is 0. The predicted molar refractivity (Wildman–Crippen MR) is 118 cm³/mol. The van der Waals surface area contributed by atoms with Gasteiger partial charge in [0.1, 0.15) is 0 Å². The molecule has 4 N–H and O–H groups in total. The van der Waals surface area contributed by atoms with E-state index in [1.165, 1.54) is 11.8 Å². The van der Waals surface area contributed by atoms with Crippen LogP contribution >= 0.6 is 0 Å².